The Morgan fingerprint density at radius 2 is 0.889 bits per heavy atom. The molecule has 0 aliphatic heterocycles. The number of halogens is 15. The van der Waals surface area contributed by atoms with Crippen LogP contribution in [0.5, 0.6) is 0 Å². The molecule has 1 fully saturated rings. The molecule has 0 aromatic rings. The Kier molecular flexibility index (Phi) is 4.48. The summed E-state index contributed by atoms with van der Waals surface area (Å²) in [5, 5.41) is -8.29. The minimum Gasteiger partial charge on any atom is -0.283 e. The summed E-state index contributed by atoms with van der Waals surface area (Å²) in [4.78, 5) is 0. The Balaban J connectivity index is 4.39. The van der Waals surface area contributed by atoms with Crippen LogP contribution in [0, 0.1) is 0 Å². The lowest BCUT2D eigenvalue weighted by Gasteiger charge is -2.55. The van der Waals surface area contributed by atoms with Crippen molar-refractivity contribution in [3.8, 4) is 0 Å². The van der Waals surface area contributed by atoms with Gasteiger partial charge in [0.2, 0.25) is 0 Å². The topological polar surface area (TPSA) is 54.4 Å². The van der Waals surface area contributed by atoms with Crippen molar-refractivity contribution in [1.29, 1.82) is 0 Å². The third-order valence-corrected chi connectivity index (χ3v) is 4.86. The molecule has 0 heterocycles. The Morgan fingerprint density at radius 3 is 1.15 bits per heavy atom. The average molecular weight is 462 g/mol. The molecule has 0 bridgehead atoms. The van der Waals surface area contributed by atoms with Crippen LogP contribution < -0.4 is 0 Å². The lowest BCUT2D eigenvalue weighted by molar-refractivity contribution is -0.489. The first-order chi connectivity index (χ1) is 11.2. The monoisotopic (exact) mass is 462 g/mol. The van der Waals surface area contributed by atoms with E-state index in [2.05, 4.69) is 0 Å². The van der Waals surface area contributed by atoms with Crippen LogP contribution in [-0.2, 0) is 10.1 Å². The fourth-order valence-corrected chi connectivity index (χ4v) is 3.23. The maximum Gasteiger partial charge on any atom is 0.457 e. The fourth-order valence-electron chi connectivity index (χ4n) is 2.16. The van der Waals surface area contributed by atoms with Crippen molar-refractivity contribution in [1.82, 2.24) is 0 Å². The molecule has 0 saturated heterocycles. The van der Waals surface area contributed by atoms with Gasteiger partial charge in [-0.3, -0.25) is 4.55 Å². The Morgan fingerprint density at radius 1 is 0.593 bits per heavy atom. The molecule has 1 N–H and O–H groups in total. The van der Waals surface area contributed by atoms with Crippen LogP contribution in [0.2, 0.25) is 0 Å². The van der Waals surface area contributed by atoms with E-state index in [9.17, 15) is 74.3 Å². The van der Waals surface area contributed by atoms with E-state index in [0.29, 0.717) is 0 Å². The summed E-state index contributed by atoms with van der Waals surface area (Å²) >= 11 is 0. The molecule has 0 spiro atoms. The largest absolute Gasteiger partial charge is 0.457 e. The van der Waals surface area contributed by atoms with Crippen LogP contribution in [0.4, 0.5) is 65.9 Å². The lowest BCUT2D eigenvalue weighted by Crippen LogP contribution is -2.90. The third kappa shape index (κ3) is 2.04. The van der Waals surface area contributed by atoms with Crippen molar-refractivity contribution in [3.63, 3.8) is 0 Å². The van der Waals surface area contributed by atoms with Gasteiger partial charge in [0.25, 0.3) is 0 Å². The van der Waals surface area contributed by atoms with Crippen LogP contribution in [0.25, 0.3) is 0 Å². The van der Waals surface area contributed by atoms with Crippen molar-refractivity contribution in [2.75, 3.05) is 0 Å². The number of hydrogen-bond donors (Lipinski definition) is 1. The highest BCUT2D eigenvalue weighted by Crippen LogP contribution is 2.74. The summed E-state index contributed by atoms with van der Waals surface area (Å²) in [7, 11) is -8.44. The molecule has 0 amide bonds. The molecule has 1 aliphatic carbocycles. The van der Waals surface area contributed by atoms with Gasteiger partial charge in [-0.1, -0.05) is 0 Å². The minimum absolute atomic E-state index is 8.01. The van der Waals surface area contributed by atoms with Crippen LogP contribution in [-0.4, -0.2) is 59.4 Å². The van der Waals surface area contributed by atoms with Gasteiger partial charge in [0.05, 0.1) is 0 Å². The molecule has 0 aromatic carbocycles. The zero-order valence-electron chi connectivity index (χ0n) is 11.3. The summed E-state index contributed by atoms with van der Waals surface area (Å²) in [6.07, 6.45) is -8.01. The summed E-state index contributed by atoms with van der Waals surface area (Å²) in [5.74, 6) is -41.5. The van der Waals surface area contributed by atoms with Gasteiger partial charge in [-0.2, -0.15) is 65.5 Å². The highest BCUT2D eigenvalue weighted by Gasteiger charge is 3.08. The number of rotatable bonds is 2. The van der Waals surface area contributed by atoms with E-state index in [1.54, 1.807) is 0 Å². The molecule has 0 aromatic heterocycles. The van der Waals surface area contributed by atoms with Crippen molar-refractivity contribution < 1.29 is 78.8 Å². The standard InChI is InChI=1S/C8HF15O3S/c9-1(3(12,13)8(21,22)23)2(10,11)4(14,15)5(16,17)6(18,19)7(1,20)27(24,25)26/h(H,24,25,26). The van der Waals surface area contributed by atoms with Crippen LogP contribution in [0.1, 0.15) is 0 Å². The van der Waals surface area contributed by atoms with Crippen molar-refractivity contribution in [3.05, 3.63) is 0 Å². The second-order valence-electron chi connectivity index (χ2n) is 5.10. The van der Waals surface area contributed by atoms with Gasteiger partial charge in [-0.15, -0.1) is 0 Å². The predicted molar refractivity (Wildman–Crippen MR) is 50.0 cm³/mol. The van der Waals surface area contributed by atoms with Crippen LogP contribution in [0.3, 0.4) is 0 Å². The average Bonchev–Trinajstić information content (AvgIpc) is 2.40. The van der Waals surface area contributed by atoms with E-state index in [1.165, 1.54) is 0 Å². The molecule has 162 valence electrons. The Hall–Kier alpha value is -1.14. The van der Waals surface area contributed by atoms with Crippen LogP contribution in [0.15, 0.2) is 0 Å². The Labute approximate surface area is 136 Å². The maximum atomic E-state index is 14.1. The van der Waals surface area contributed by atoms with Gasteiger partial charge >= 0.3 is 56.6 Å². The molecule has 3 nitrogen and oxygen atoms in total. The van der Waals surface area contributed by atoms with E-state index in [0.717, 1.165) is 0 Å². The molecular formula is C8HF15O3S. The summed E-state index contributed by atoms with van der Waals surface area (Å²) in [6, 6.07) is 0. The summed E-state index contributed by atoms with van der Waals surface area (Å²) in [6.45, 7) is 0. The van der Waals surface area contributed by atoms with Gasteiger partial charge < -0.3 is 0 Å². The van der Waals surface area contributed by atoms with Crippen molar-refractivity contribution in [2.45, 2.75) is 46.5 Å². The van der Waals surface area contributed by atoms with Gasteiger partial charge in [0.15, 0.2) is 0 Å². The summed E-state index contributed by atoms with van der Waals surface area (Å²) in [5.41, 5.74) is -8.66. The molecule has 1 aliphatic rings. The van der Waals surface area contributed by atoms with E-state index in [-0.39, 0.29) is 0 Å². The summed E-state index contributed by atoms with van der Waals surface area (Å²) < 4.78 is 226. The number of alkyl halides is 15. The molecule has 19 heteroatoms. The lowest BCUT2D eigenvalue weighted by atomic mass is 9.70. The minimum atomic E-state index is -8.66. The quantitative estimate of drug-likeness (QED) is 0.499. The van der Waals surface area contributed by atoms with Crippen LogP contribution >= 0.6 is 0 Å². The zero-order chi connectivity index (χ0) is 22.5. The van der Waals surface area contributed by atoms with Crippen molar-refractivity contribution in [2.24, 2.45) is 0 Å². The van der Waals surface area contributed by atoms with E-state index >= 15 is 0 Å². The molecule has 0 radical (unpaired) electrons. The molecule has 1 saturated carbocycles. The second kappa shape index (κ2) is 5.07. The van der Waals surface area contributed by atoms with E-state index in [1.807, 2.05) is 0 Å². The molecular weight excluding hydrogens is 461 g/mol. The fraction of sp³-hybridized carbons (Fsp3) is 1.00. The first kappa shape index (κ1) is 23.9. The van der Waals surface area contributed by atoms with Gasteiger partial charge in [-0.25, -0.2) is 8.78 Å². The highest BCUT2D eigenvalue weighted by molar-refractivity contribution is 7.87. The van der Waals surface area contributed by atoms with Gasteiger partial charge in [0, 0.05) is 0 Å². The molecule has 2 atom stereocenters. The van der Waals surface area contributed by atoms with Crippen molar-refractivity contribution >= 4 is 10.1 Å². The first-order valence-electron chi connectivity index (χ1n) is 5.55. The first-order valence-corrected chi connectivity index (χ1v) is 6.99. The maximum absolute atomic E-state index is 14.1. The second-order valence-corrected chi connectivity index (χ2v) is 6.61. The molecule has 1 rings (SSSR count). The van der Waals surface area contributed by atoms with Gasteiger partial charge in [0.1, 0.15) is 0 Å². The normalized spacial score (nSPS) is 35.7. The SMILES string of the molecule is O=S(=O)(O)C1(F)C(F)(F)C(F)(F)C(F)(F)C(F)(F)C1(F)C(F)(F)C(F)(F)F. The zero-order valence-corrected chi connectivity index (χ0v) is 12.2. The predicted octanol–water partition coefficient (Wildman–Crippen LogP) is 4.00. The molecule has 27 heavy (non-hydrogen) atoms. The smallest absolute Gasteiger partial charge is 0.283 e. The van der Waals surface area contributed by atoms with Gasteiger partial charge in [-0.05, 0) is 0 Å². The van der Waals surface area contributed by atoms with E-state index in [4.69, 9.17) is 4.55 Å². The molecule has 2 unspecified atom stereocenters. The third-order valence-electron chi connectivity index (χ3n) is 3.61. The Bertz CT molecular complexity index is 739. The highest BCUT2D eigenvalue weighted by atomic mass is 32.2. The number of hydrogen-bond acceptors (Lipinski definition) is 2. The van der Waals surface area contributed by atoms with E-state index < -0.39 is 56.6 Å².